The van der Waals surface area contributed by atoms with Gasteiger partial charge in [0.15, 0.2) is 6.61 Å². The number of rotatable bonds is 5. The zero-order valence-electron chi connectivity index (χ0n) is 11.4. The zero-order valence-corrected chi connectivity index (χ0v) is 13.0. The van der Waals surface area contributed by atoms with E-state index < -0.39 is 0 Å². The van der Waals surface area contributed by atoms with Crippen LogP contribution in [0, 0.1) is 0 Å². The fraction of sp³-hybridized carbons (Fsp3) is 0.133. The van der Waals surface area contributed by atoms with Crippen LogP contribution in [0.2, 0.25) is 0 Å². The average Bonchev–Trinajstić information content (AvgIpc) is 2.47. The van der Waals surface area contributed by atoms with Crippen LogP contribution in [0.15, 0.2) is 46.9 Å². The summed E-state index contributed by atoms with van der Waals surface area (Å²) in [5, 5.41) is 2.71. The molecular formula is C15H15BrN2O3. The van der Waals surface area contributed by atoms with Gasteiger partial charge in [-0.05, 0) is 42.5 Å². The predicted molar refractivity (Wildman–Crippen MR) is 85.7 cm³/mol. The minimum atomic E-state index is -0.290. The molecular weight excluding hydrogens is 336 g/mol. The smallest absolute Gasteiger partial charge is 0.262 e. The van der Waals surface area contributed by atoms with Crippen molar-refractivity contribution in [1.82, 2.24) is 0 Å². The molecule has 21 heavy (non-hydrogen) atoms. The molecule has 0 fully saturated rings. The summed E-state index contributed by atoms with van der Waals surface area (Å²) in [7, 11) is 1.53. The van der Waals surface area contributed by atoms with Gasteiger partial charge in [-0.25, -0.2) is 0 Å². The van der Waals surface area contributed by atoms with Gasteiger partial charge in [0.25, 0.3) is 5.91 Å². The molecule has 0 saturated heterocycles. The summed E-state index contributed by atoms with van der Waals surface area (Å²) >= 11 is 3.33. The third-order valence-electron chi connectivity index (χ3n) is 2.68. The van der Waals surface area contributed by atoms with Crippen LogP contribution in [0.3, 0.4) is 0 Å². The summed E-state index contributed by atoms with van der Waals surface area (Å²) in [5.41, 5.74) is 6.75. The lowest BCUT2D eigenvalue weighted by molar-refractivity contribution is -0.118. The molecule has 0 aliphatic heterocycles. The van der Waals surface area contributed by atoms with Gasteiger partial charge >= 0.3 is 0 Å². The van der Waals surface area contributed by atoms with Crippen LogP contribution in [0.1, 0.15) is 0 Å². The minimum Gasteiger partial charge on any atom is -0.495 e. The fourth-order valence-corrected chi connectivity index (χ4v) is 1.95. The van der Waals surface area contributed by atoms with Crippen LogP contribution in [-0.2, 0) is 4.79 Å². The maximum absolute atomic E-state index is 11.9. The molecule has 5 nitrogen and oxygen atoms in total. The van der Waals surface area contributed by atoms with Crippen molar-refractivity contribution in [3.05, 3.63) is 46.9 Å². The molecule has 0 heterocycles. The second-order valence-corrected chi connectivity index (χ2v) is 5.17. The molecule has 0 saturated carbocycles. The van der Waals surface area contributed by atoms with Gasteiger partial charge in [-0.2, -0.15) is 0 Å². The lowest BCUT2D eigenvalue weighted by atomic mass is 10.2. The molecule has 0 aliphatic rings. The molecule has 110 valence electrons. The van der Waals surface area contributed by atoms with Crippen molar-refractivity contribution < 1.29 is 14.3 Å². The standard InChI is InChI=1S/C15H15BrN2O3/c1-20-14-7-4-11(17)8-13(14)18-15(19)9-21-12-5-2-10(16)3-6-12/h2-8H,9,17H2,1H3,(H,18,19). The number of nitrogens with one attached hydrogen (secondary N) is 1. The first-order chi connectivity index (χ1) is 10.1. The fourth-order valence-electron chi connectivity index (χ4n) is 1.69. The van der Waals surface area contributed by atoms with E-state index in [0.29, 0.717) is 22.9 Å². The van der Waals surface area contributed by atoms with Gasteiger partial charge in [-0.3, -0.25) is 4.79 Å². The van der Waals surface area contributed by atoms with E-state index in [0.717, 1.165) is 4.47 Å². The molecule has 2 rings (SSSR count). The summed E-state index contributed by atoms with van der Waals surface area (Å²) < 4.78 is 11.5. The van der Waals surface area contributed by atoms with Crippen LogP contribution in [0.4, 0.5) is 11.4 Å². The van der Waals surface area contributed by atoms with Crippen molar-refractivity contribution in [2.24, 2.45) is 0 Å². The highest BCUT2D eigenvalue weighted by Crippen LogP contribution is 2.26. The number of halogens is 1. The summed E-state index contributed by atoms with van der Waals surface area (Å²) in [6.45, 7) is -0.0976. The first-order valence-corrected chi connectivity index (χ1v) is 6.99. The zero-order chi connectivity index (χ0) is 15.2. The SMILES string of the molecule is COc1ccc(N)cc1NC(=O)COc1ccc(Br)cc1. The predicted octanol–water partition coefficient (Wildman–Crippen LogP) is 3.06. The van der Waals surface area contributed by atoms with Gasteiger partial charge in [0.1, 0.15) is 11.5 Å². The topological polar surface area (TPSA) is 73.6 Å². The van der Waals surface area contributed by atoms with Gasteiger partial charge in [0.05, 0.1) is 12.8 Å². The Morgan fingerprint density at radius 2 is 1.95 bits per heavy atom. The monoisotopic (exact) mass is 350 g/mol. The van der Waals surface area contributed by atoms with Crippen molar-refractivity contribution in [1.29, 1.82) is 0 Å². The van der Waals surface area contributed by atoms with Crippen LogP contribution >= 0.6 is 15.9 Å². The Labute approximate surface area is 131 Å². The number of nitrogens with two attached hydrogens (primary N) is 1. The molecule has 2 aromatic rings. The highest BCUT2D eigenvalue weighted by molar-refractivity contribution is 9.10. The number of carbonyl (C=O) groups excluding carboxylic acids is 1. The Hall–Kier alpha value is -2.21. The quantitative estimate of drug-likeness (QED) is 0.812. The van der Waals surface area contributed by atoms with E-state index in [1.54, 1.807) is 30.3 Å². The number of carbonyl (C=O) groups is 1. The van der Waals surface area contributed by atoms with Crippen molar-refractivity contribution in [3.63, 3.8) is 0 Å². The molecule has 3 N–H and O–H groups in total. The van der Waals surface area contributed by atoms with Gasteiger partial charge in [-0.15, -0.1) is 0 Å². The summed E-state index contributed by atoms with van der Waals surface area (Å²) in [6.07, 6.45) is 0. The van der Waals surface area contributed by atoms with E-state index in [1.807, 2.05) is 12.1 Å². The number of ether oxygens (including phenoxy) is 2. The van der Waals surface area contributed by atoms with E-state index in [4.69, 9.17) is 15.2 Å². The summed E-state index contributed by atoms with van der Waals surface area (Å²) in [5.74, 6) is 0.871. The van der Waals surface area contributed by atoms with E-state index in [1.165, 1.54) is 7.11 Å². The number of amides is 1. The third-order valence-corrected chi connectivity index (χ3v) is 3.21. The van der Waals surface area contributed by atoms with E-state index >= 15 is 0 Å². The Bertz CT molecular complexity index is 629. The molecule has 0 aliphatic carbocycles. The molecule has 0 unspecified atom stereocenters. The lowest BCUT2D eigenvalue weighted by Gasteiger charge is -2.11. The normalized spacial score (nSPS) is 10.0. The van der Waals surface area contributed by atoms with Crippen molar-refractivity contribution >= 4 is 33.2 Å². The second kappa shape index (κ2) is 6.99. The first kappa shape index (κ1) is 15.2. The molecule has 0 radical (unpaired) electrons. The Morgan fingerprint density at radius 1 is 1.24 bits per heavy atom. The van der Waals surface area contributed by atoms with Gasteiger partial charge in [0.2, 0.25) is 0 Å². The first-order valence-electron chi connectivity index (χ1n) is 6.20. The van der Waals surface area contributed by atoms with Crippen LogP contribution < -0.4 is 20.5 Å². The Balaban J connectivity index is 1.95. The molecule has 0 spiro atoms. The van der Waals surface area contributed by atoms with E-state index in [-0.39, 0.29) is 12.5 Å². The van der Waals surface area contributed by atoms with Crippen LogP contribution in [0.25, 0.3) is 0 Å². The number of nitrogen functional groups attached to an aromatic ring is 1. The molecule has 2 aromatic carbocycles. The van der Waals surface area contributed by atoms with Gasteiger partial charge < -0.3 is 20.5 Å². The maximum Gasteiger partial charge on any atom is 0.262 e. The molecule has 0 bridgehead atoms. The summed E-state index contributed by atoms with van der Waals surface area (Å²) in [6, 6.07) is 12.3. The van der Waals surface area contributed by atoms with Crippen LogP contribution in [-0.4, -0.2) is 19.6 Å². The number of hydrogen-bond acceptors (Lipinski definition) is 4. The highest BCUT2D eigenvalue weighted by atomic mass is 79.9. The van der Waals surface area contributed by atoms with Crippen molar-refractivity contribution in [3.8, 4) is 11.5 Å². The molecule has 0 aromatic heterocycles. The number of hydrogen-bond donors (Lipinski definition) is 2. The van der Waals surface area contributed by atoms with Crippen molar-refractivity contribution in [2.45, 2.75) is 0 Å². The molecule has 6 heteroatoms. The molecule has 0 atom stereocenters. The van der Waals surface area contributed by atoms with Gasteiger partial charge in [-0.1, -0.05) is 15.9 Å². The number of methoxy groups -OCH3 is 1. The maximum atomic E-state index is 11.9. The second-order valence-electron chi connectivity index (χ2n) is 4.25. The molecule has 1 amide bonds. The number of benzene rings is 2. The van der Waals surface area contributed by atoms with Gasteiger partial charge in [0, 0.05) is 10.2 Å². The highest BCUT2D eigenvalue weighted by Gasteiger charge is 2.08. The Kier molecular flexibility index (Phi) is 5.05. The van der Waals surface area contributed by atoms with E-state index in [9.17, 15) is 4.79 Å². The minimum absolute atomic E-state index is 0.0976. The number of anilines is 2. The third kappa shape index (κ3) is 4.39. The average molecular weight is 351 g/mol. The summed E-state index contributed by atoms with van der Waals surface area (Å²) in [4.78, 5) is 11.9. The Morgan fingerprint density at radius 3 is 2.62 bits per heavy atom. The largest absolute Gasteiger partial charge is 0.495 e. The van der Waals surface area contributed by atoms with Crippen molar-refractivity contribution in [2.75, 3.05) is 24.8 Å². The van der Waals surface area contributed by atoms with E-state index in [2.05, 4.69) is 21.2 Å². The lowest BCUT2D eigenvalue weighted by Crippen LogP contribution is -2.20. The van der Waals surface area contributed by atoms with Crippen LogP contribution in [0.5, 0.6) is 11.5 Å².